The minimum atomic E-state index is -3.90. The van der Waals surface area contributed by atoms with Gasteiger partial charge >= 0.3 is 6.09 Å². The number of aliphatic hydroxyl groups excluding tert-OH is 1. The quantitative estimate of drug-likeness (QED) is 0.324. The highest BCUT2D eigenvalue weighted by Crippen LogP contribution is 2.45. The molecule has 3 heterocycles. The number of rotatable bonds is 6. The molecule has 6 unspecified atom stereocenters. The van der Waals surface area contributed by atoms with Crippen LogP contribution in [0.3, 0.4) is 0 Å². The number of alkyl carbamates (subject to hydrolysis) is 1. The van der Waals surface area contributed by atoms with Crippen LogP contribution in [-0.2, 0) is 29.1 Å². The molecule has 4 N–H and O–H groups in total. The van der Waals surface area contributed by atoms with E-state index in [1.165, 1.54) is 11.0 Å². The number of carbonyl (C=O) groups excluding carboxylic acids is 4. The van der Waals surface area contributed by atoms with Gasteiger partial charge in [-0.15, -0.1) is 6.58 Å². The maximum Gasteiger partial charge on any atom is 0.407 e. The van der Waals surface area contributed by atoms with Gasteiger partial charge < -0.3 is 30.1 Å². The molecule has 15 heteroatoms. The van der Waals surface area contributed by atoms with Gasteiger partial charge in [-0.1, -0.05) is 39.0 Å². The standard InChI is InChI=1S/C35H45N5O9S/c1-5-22-18-35(22,32(44)39-50(46,47)24-11-12-24)38-29(42)26-17-23-19-40(26)31(43)28(34(2,3)4)37-33(45)48-15-7-6-8-27(41)21-10-9-20-13-14-36-30(49-23)25(20)16-21/h5,9-10,13-14,16,22-24,26-28,41H,1,6-8,11-12,15,17-19H2,2-4H3,(H,37,45)(H,38,42)(H,39,44). The monoisotopic (exact) mass is 711 g/mol. The average molecular weight is 712 g/mol. The summed E-state index contributed by atoms with van der Waals surface area (Å²) in [5, 5.41) is 17.2. The molecule has 270 valence electrons. The number of hydrogen-bond donors (Lipinski definition) is 4. The number of sulfonamides is 1. The Morgan fingerprint density at radius 3 is 2.60 bits per heavy atom. The van der Waals surface area contributed by atoms with Gasteiger partial charge in [-0.05, 0) is 67.0 Å². The van der Waals surface area contributed by atoms with Gasteiger partial charge in [0.05, 0.1) is 24.5 Å². The maximum absolute atomic E-state index is 14.4. The van der Waals surface area contributed by atoms with E-state index >= 15 is 0 Å². The molecule has 4 amide bonds. The van der Waals surface area contributed by atoms with Crippen LogP contribution in [0.4, 0.5) is 4.79 Å². The topological polar surface area (TPSA) is 193 Å². The van der Waals surface area contributed by atoms with E-state index in [0.717, 1.165) is 5.39 Å². The number of nitrogens with zero attached hydrogens (tertiary/aromatic N) is 2. The van der Waals surface area contributed by atoms with Crippen LogP contribution in [0.5, 0.6) is 5.88 Å². The van der Waals surface area contributed by atoms with Crippen molar-refractivity contribution < 1.29 is 42.2 Å². The van der Waals surface area contributed by atoms with Gasteiger partial charge in [0, 0.05) is 23.9 Å². The molecule has 2 aliphatic heterocycles. The van der Waals surface area contributed by atoms with Crippen molar-refractivity contribution in [1.82, 2.24) is 25.2 Å². The Labute approximate surface area is 291 Å². The lowest BCUT2D eigenvalue weighted by atomic mass is 9.85. The van der Waals surface area contributed by atoms with Crippen LogP contribution in [0.2, 0.25) is 0 Å². The molecule has 6 atom stereocenters. The second-order valence-corrected chi connectivity index (χ2v) is 16.8. The number of aliphatic hydroxyl groups is 1. The summed E-state index contributed by atoms with van der Waals surface area (Å²) in [5.74, 6) is -2.34. The predicted molar refractivity (Wildman–Crippen MR) is 182 cm³/mol. The summed E-state index contributed by atoms with van der Waals surface area (Å²) >= 11 is 0. The molecule has 0 spiro atoms. The van der Waals surface area contributed by atoms with Crippen molar-refractivity contribution in [3.05, 3.63) is 48.7 Å². The summed E-state index contributed by atoms with van der Waals surface area (Å²) in [6.45, 7) is 9.10. The molecular weight excluding hydrogens is 666 g/mol. The third-order valence-electron chi connectivity index (χ3n) is 9.99. The molecule has 1 saturated heterocycles. The van der Waals surface area contributed by atoms with Crippen molar-refractivity contribution in [3.8, 4) is 5.88 Å². The van der Waals surface area contributed by atoms with Crippen molar-refractivity contribution in [1.29, 1.82) is 0 Å². The number of cyclic esters (lactones) is 1. The lowest BCUT2D eigenvalue weighted by molar-refractivity contribution is -0.142. The SMILES string of the molecule is C=CC1CC1(NC(=O)C1CC2CN1C(=O)C(C(C)(C)C)NC(=O)OCCCCC(O)c1ccc3ccnc(c3c1)O2)C(=O)NS(=O)(=O)C1CC1. The lowest BCUT2D eigenvalue weighted by Crippen LogP contribution is -2.60. The van der Waals surface area contributed by atoms with E-state index in [-0.39, 0.29) is 31.9 Å². The Morgan fingerprint density at radius 1 is 1.16 bits per heavy atom. The molecular formula is C35H45N5O9S. The highest BCUT2D eigenvalue weighted by molar-refractivity contribution is 7.91. The number of hydrogen-bond acceptors (Lipinski definition) is 10. The van der Waals surface area contributed by atoms with E-state index in [1.54, 1.807) is 27.0 Å². The predicted octanol–water partition coefficient (Wildman–Crippen LogP) is 2.61. The number of ether oxygens (including phenoxy) is 2. The van der Waals surface area contributed by atoms with Crippen molar-refractivity contribution in [3.63, 3.8) is 0 Å². The van der Waals surface area contributed by atoms with E-state index in [2.05, 4.69) is 26.9 Å². The van der Waals surface area contributed by atoms with E-state index in [9.17, 15) is 32.7 Å². The first-order valence-electron chi connectivity index (χ1n) is 17.1. The van der Waals surface area contributed by atoms with Gasteiger partial charge in [0.2, 0.25) is 27.7 Å². The third-order valence-corrected chi connectivity index (χ3v) is 11.8. The first kappa shape index (κ1) is 35.6. The second kappa shape index (κ2) is 13.5. The van der Waals surface area contributed by atoms with E-state index < -0.39 is 80.3 Å². The summed E-state index contributed by atoms with van der Waals surface area (Å²) in [6.07, 6.45) is 3.34. The van der Waals surface area contributed by atoms with E-state index in [4.69, 9.17) is 9.47 Å². The van der Waals surface area contributed by atoms with Gasteiger partial charge in [-0.2, -0.15) is 0 Å². The van der Waals surface area contributed by atoms with Crippen molar-refractivity contribution in [2.45, 2.75) is 101 Å². The van der Waals surface area contributed by atoms with Crippen LogP contribution < -0.4 is 20.1 Å². The lowest BCUT2D eigenvalue weighted by Gasteiger charge is -2.35. The second-order valence-electron chi connectivity index (χ2n) is 14.9. The van der Waals surface area contributed by atoms with Gasteiger partial charge in [0.1, 0.15) is 23.7 Å². The maximum atomic E-state index is 14.4. The van der Waals surface area contributed by atoms with E-state index in [1.807, 2.05) is 24.3 Å². The summed E-state index contributed by atoms with van der Waals surface area (Å²) in [5.41, 5.74) is -1.70. The molecule has 1 aromatic carbocycles. The van der Waals surface area contributed by atoms with Crippen LogP contribution >= 0.6 is 0 Å². The Hall–Kier alpha value is -4.24. The summed E-state index contributed by atoms with van der Waals surface area (Å²) in [6, 6.07) is 5.07. The molecule has 2 aliphatic carbocycles. The molecule has 3 fully saturated rings. The molecule has 50 heavy (non-hydrogen) atoms. The van der Waals surface area contributed by atoms with Crippen LogP contribution in [-0.4, -0.2) is 89.4 Å². The van der Waals surface area contributed by atoms with Gasteiger partial charge in [-0.25, -0.2) is 18.2 Å². The van der Waals surface area contributed by atoms with Crippen LogP contribution in [0, 0.1) is 11.3 Å². The molecule has 0 radical (unpaired) electrons. The number of carbonyl (C=O) groups is 4. The molecule has 4 bridgehead atoms. The van der Waals surface area contributed by atoms with E-state index in [0.29, 0.717) is 43.1 Å². The van der Waals surface area contributed by atoms with Crippen molar-refractivity contribution in [2.24, 2.45) is 11.3 Å². The smallest absolute Gasteiger partial charge is 0.407 e. The van der Waals surface area contributed by atoms with Crippen LogP contribution in [0.15, 0.2) is 43.1 Å². The first-order chi connectivity index (χ1) is 23.6. The number of aromatic nitrogens is 1. The normalized spacial score (nSPS) is 29.2. The number of benzene rings is 1. The molecule has 2 saturated carbocycles. The Kier molecular flexibility index (Phi) is 9.59. The van der Waals surface area contributed by atoms with Crippen molar-refractivity contribution in [2.75, 3.05) is 13.2 Å². The Balaban J connectivity index is 1.33. The zero-order valence-electron chi connectivity index (χ0n) is 28.5. The molecule has 1 aromatic heterocycles. The number of nitrogens with one attached hydrogen (secondary N) is 3. The van der Waals surface area contributed by atoms with Gasteiger partial charge in [0.15, 0.2) is 0 Å². The van der Waals surface area contributed by atoms with Crippen molar-refractivity contribution >= 4 is 44.6 Å². The minimum absolute atomic E-state index is 0.0100. The fourth-order valence-electron chi connectivity index (χ4n) is 6.76. The average Bonchev–Trinajstić information content (AvgIpc) is 3.99. The summed E-state index contributed by atoms with van der Waals surface area (Å²) < 4.78 is 39.2. The fraction of sp³-hybridized carbons (Fsp3) is 0.571. The Bertz CT molecular complexity index is 1810. The highest BCUT2D eigenvalue weighted by Gasteiger charge is 2.62. The number of pyridine rings is 1. The molecule has 14 nitrogen and oxygen atoms in total. The zero-order valence-corrected chi connectivity index (χ0v) is 29.3. The van der Waals surface area contributed by atoms with Gasteiger partial charge in [0.25, 0.3) is 5.91 Å². The zero-order chi connectivity index (χ0) is 36.0. The summed E-state index contributed by atoms with van der Waals surface area (Å²) in [7, 11) is -3.90. The first-order valence-corrected chi connectivity index (χ1v) is 18.7. The minimum Gasteiger partial charge on any atom is -0.472 e. The third kappa shape index (κ3) is 7.29. The van der Waals surface area contributed by atoms with Gasteiger partial charge in [-0.3, -0.25) is 19.1 Å². The molecule has 2 aromatic rings. The van der Waals surface area contributed by atoms with Crippen LogP contribution in [0.25, 0.3) is 10.8 Å². The number of amides is 4. The molecule has 4 aliphatic rings. The van der Waals surface area contributed by atoms with Crippen LogP contribution in [0.1, 0.15) is 77.4 Å². The summed E-state index contributed by atoms with van der Waals surface area (Å²) in [4.78, 5) is 60.7. The largest absolute Gasteiger partial charge is 0.472 e. The Morgan fingerprint density at radius 2 is 1.92 bits per heavy atom. The fourth-order valence-corrected chi connectivity index (χ4v) is 8.12. The highest BCUT2D eigenvalue weighted by atomic mass is 32.2. The number of fused-ring (bicyclic) bond motifs is 3. The molecule has 6 rings (SSSR count).